The fourth-order valence-corrected chi connectivity index (χ4v) is 5.57. The highest BCUT2D eigenvalue weighted by molar-refractivity contribution is 7.79. The highest BCUT2D eigenvalue weighted by Gasteiger charge is 2.18. The highest BCUT2D eigenvalue weighted by atomic mass is 32.2. The number of aromatic nitrogens is 1. The van der Waals surface area contributed by atoms with Crippen LogP contribution in [0.1, 0.15) is 45.1 Å². The maximum atomic E-state index is 12.1. The van der Waals surface area contributed by atoms with E-state index < -0.39 is 11.1 Å². The molecule has 2 unspecified atom stereocenters. The van der Waals surface area contributed by atoms with Gasteiger partial charge in [0.2, 0.25) is 5.91 Å². The number of hydrogen-bond acceptors (Lipinski definition) is 7. The topological polar surface area (TPSA) is 88.6 Å². The SMILES string of the molecule is CCCN(CCCCN1CCCNCC1=O)C(C)Cc1ccc(-c2nccs2)cc1S(=O)[O-]. The molecule has 1 amide bonds. The molecule has 0 radical (unpaired) electrons. The molecule has 1 aliphatic rings. The lowest BCUT2D eigenvalue weighted by Crippen LogP contribution is -2.38. The Labute approximate surface area is 203 Å². The number of amides is 1. The molecule has 0 saturated carbocycles. The summed E-state index contributed by atoms with van der Waals surface area (Å²) in [5, 5.41) is 5.88. The Hall–Kier alpha value is -1.65. The van der Waals surface area contributed by atoms with Crippen LogP contribution in [-0.2, 0) is 22.3 Å². The summed E-state index contributed by atoms with van der Waals surface area (Å²) in [5.41, 5.74) is 1.68. The summed E-state index contributed by atoms with van der Waals surface area (Å²) in [5.74, 6) is 0.200. The molecular weight excluding hydrogens is 456 g/mol. The molecule has 1 N–H and O–H groups in total. The molecule has 1 aliphatic heterocycles. The minimum Gasteiger partial charge on any atom is -0.768 e. The van der Waals surface area contributed by atoms with Gasteiger partial charge in [-0.3, -0.25) is 9.00 Å². The van der Waals surface area contributed by atoms with Gasteiger partial charge in [-0.25, -0.2) is 4.98 Å². The average molecular weight is 492 g/mol. The smallest absolute Gasteiger partial charge is 0.236 e. The summed E-state index contributed by atoms with van der Waals surface area (Å²) < 4.78 is 23.9. The zero-order valence-corrected chi connectivity index (χ0v) is 21.3. The molecule has 2 aromatic rings. The van der Waals surface area contributed by atoms with Crippen LogP contribution >= 0.6 is 11.3 Å². The van der Waals surface area contributed by atoms with Crippen molar-refractivity contribution in [1.29, 1.82) is 0 Å². The van der Waals surface area contributed by atoms with E-state index in [9.17, 15) is 13.6 Å². The molecule has 0 spiro atoms. The van der Waals surface area contributed by atoms with Crippen molar-refractivity contribution in [3.05, 3.63) is 35.3 Å². The predicted molar refractivity (Wildman–Crippen MR) is 133 cm³/mol. The Morgan fingerprint density at radius 1 is 1.33 bits per heavy atom. The molecule has 7 nitrogen and oxygen atoms in total. The Balaban J connectivity index is 1.58. The average Bonchev–Trinajstić information content (AvgIpc) is 3.26. The van der Waals surface area contributed by atoms with E-state index in [0.717, 1.165) is 74.5 Å². The maximum Gasteiger partial charge on any atom is 0.236 e. The number of benzene rings is 1. The first kappa shape index (κ1) is 26.0. The van der Waals surface area contributed by atoms with Crippen molar-refractivity contribution in [2.24, 2.45) is 0 Å². The van der Waals surface area contributed by atoms with E-state index in [4.69, 9.17) is 0 Å². The van der Waals surface area contributed by atoms with Gasteiger partial charge >= 0.3 is 0 Å². The van der Waals surface area contributed by atoms with Crippen LogP contribution in [0.2, 0.25) is 0 Å². The zero-order valence-electron chi connectivity index (χ0n) is 19.6. The Morgan fingerprint density at radius 2 is 2.18 bits per heavy atom. The highest BCUT2D eigenvalue weighted by Crippen LogP contribution is 2.27. The first-order chi connectivity index (χ1) is 16.0. The number of nitrogens with zero attached hydrogens (tertiary/aromatic N) is 3. The van der Waals surface area contributed by atoms with E-state index in [1.54, 1.807) is 12.3 Å². The Morgan fingerprint density at radius 3 is 2.91 bits per heavy atom. The third-order valence-electron chi connectivity index (χ3n) is 6.11. The number of carbonyl (C=O) groups excluding carboxylic acids is 1. The van der Waals surface area contributed by atoms with Gasteiger partial charge in [0, 0.05) is 41.2 Å². The van der Waals surface area contributed by atoms with Crippen molar-refractivity contribution < 1.29 is 13.6 Å². The first-order valence-corrected chi connectivity index (χ1v) is 13.8. The normalized spacial score (nSPS) is 16.7. The summed E-state index contributed by atoms with van der Waals surface area (Å²) in [6.45, 7) is 9.27. The molecule has 1 saturated heterocycles. The fraction of sp³-hybridized carbons (Fsp3) is 0.583. The number of nitrogens with one attached hydrogen (secondary N) is 1. The monoisotopic (exact) mass is 491 g/mol. The van der Waals surface area contributed by atoms with Gasteiger partial charge in [0.05, 0.1) is 6.54 Å². The van der Waals surface area contributed by atoms with Gasteiger partial charge in [0.25, 0.3) is 0 Å². The summed E-state index contributed by atoms with van der Waals surface area (Å²) >= 11 is -0.793. The second-order valence-corrected chi connectivity index (χ2v) is 10.4. The number of carbonyl (C=O) groups is 1. The number of rotatable bonds is 12. The largest absolute Gasteiger partial charge is 0.768 e. The van der Waals surface area contributed by atoms with Gasteiger partial charge in [0.1, 0.15) is 5.01 Å². The molecule has 0 aliphatic carbocycles. The van der Waals surface area contributed by atoms with Gasteiger partial charge in [-0.1, -0.05) is 19.1 Å². The first-order valence-electron chi connectivity index (χ1n) is 11.8. The van der Waals surface area contributed by atoms with Crippen molar-refractivity contribution in [3.8, 4) is 10.6 Å². The molecule has 1 fully saturated rings. The molecule has 1 aromatic heterocycles. The van der Waals surface area contributed by atoms with Crippen LogP contribution in [0.5, 0.6) is 0 Å². The van der Waals surface area contributed by atoms with E-state index in [-0.39, 0.29) is 11.9 Å². The van der Waals surface area contributed by atoms with E-state index >= 15 is 0 Å². The van der Waals surface area contributed by atoms with Crippen LogP contribution < -0.4 is 5.32 Å². The van der Waals surface area contributed by atoms with E-state index in [1.807, 2.05) is 22.4 Å². The molecule has 0 bridgehead atoms. The van der Waals surface area contributed by atoms with Crippen LogP contribution in [0.3, 0.4) is 0 Å². The van der Waals surface area contributed by atoms with Gasteiger partial charge < -0.3 is 19.7 Å². The zero-order chi connectivity index (χ0) is 23.6. The lowest BCUT2D eigenvalue weighted by molar-refractivity contribution is -0.129. The van der Waals surface area contributed by atoms with Gasteiger partial charge in [-0.2, -0.15) is 0 Å². The standard InChI is InChI=1S/C24H36N4O3S2/c1-3-11-27(12-4-5-13-28-14-6-9-25-18-23(28)29)19(2)16-20-7-8-21(17-22(20)33(30)31)24-26-10-15-32-24/h7-8,10,15,17,19,25H,3-6,9,11-14,16,18H2,1-2H3,(H,30,31)/p-1. The minimum atomic E-state index is -2.29. The van der Waals surface area contributed by atoms with Crippen LogP contribution in [-0.4, -0.2) is 74.8 Å². The van der Waals surface area contributed by atoms with E-state index in [0.29, 0.717) is 17.9 Å². The van der Waals surface area contributed by atoms with Crippen LogP contribution in [0, 0.1) is 0 Å². The summed E-state index contributed by atoms with van der Waals surface area (Å²) in [6.07, 6.45) is 6.46. The molecule has 9 heteroatoms. The van der Waals surface area contributed by atoms with E-state index in [2.05, 4.69) is 29.0 Å². The third-order valence-corrected chi connectivity index (χ3v) is 7.67. The summed E-state index contributed by atoms with van der Waals surface area (Å²) in [6, 6.07) is 5.86. The lowest BCUT2D eigenvalue weighted by atomic mass is 10.0. The lowest BCUT2D eigenvalue weighted by Gasteiger charge is -2.30. The second-order valence-electron chi connectivity index (χ2n) is 8.60. The molecule has 3 rings (SSSR count). The molecular formula is C24H35N4O3S2-. The van der Waals surface area contributed by atoms with E-state index in [1.165, 1.54) is 11.3 Å². The van der Waals surface area contributed by atoms with Crippen LogP contribution in [0.4, 0.5) is 0 Å². The molecule has 2 heterocycles. The van der Waals surface area contributed by atoms with Crippen molar-refractivity contribution in [2.45, 2.75) is 56.9 Å². The van der Waals surface area contributed by atoms with Gasteiger partial charge in [-0.05, 0) is 81.4 Å². The number of thiazole rings is 1. The summed E-state index contributed by atoms with van der Waals surface area (Å²) in [4.78, 5) is 21.2. The quantitative estimate of drug-likeness (QED) is 0.362. The number of hydrogen-bond donors (Lipinski definition) is 1. The van der Waals surface area contributed by atoms with Gasteiger partial charge in [0.15, 0.2) is 0 Å². The molecule has 33 heavy (non-hydrogen) atoms. The second kappa shape index (κ2) is 13.3. The van der Waals surface area contributed by atoms with Crippen LogP contribution in [0.15, 0.2) is 34.7 Å². The fourth-order valence-electron chi connectivity index (χ4n) is 4.35. The third kappa shape index (κ3) is 7.68. The Bertz CT molecular complexity index is 907. The maximum absolute atomic E-state index is 12.1. The summed E-state index contributed by atoms with van der Waals surface area (Å²) in [7, 11) is 0. The molecule has 182 valence electrons. The minimum absolute atomic E-state index is 0.200. The van der Waals surface area contributed by atoms with Crippen molar-refractivity contribution in [1.82, 2.24) is 20.1 Å². The molecule has 2 atom stereocenters. The van der Waals surface area contributed by atoms with Crippen molar-refractivity contribution in [3.63, 3.8) is 0 Å². The van der Waals surface area contributed by atoms with Gasteiger partial charge in [-0.15, -0.1) is 11.3 Å². The van der Waals surface area contributed by atoms with Crippen molar-refractivity contribution in [2.75, 3.05) is 39.3 Å². The number of unbranched alkanes of at least 4 members (excludes halogenated alkanes) is 1. The predicted octanol–water partition coefficient (Wildman–Crippen LogP) is 3.29. The Kier molecular flexibility index (Phi) is 10.5. The van der Waals surface area contributed by atoms with Crippen LogP contribution in [0.25, 0.3) is 10.6 Å². The molecule has 1 aromatic carbocycles. The van der Waals surface area contributed by atoms with Crippen molar-refractivity contribution >= 4 is 28.3 Å².